The molecule has 0 radical (unpaired) electrons. The van der Waals surface area contributed by atoms with Crippen LogP contribution in [0, 0.1) is 4.77 Å². The molecule has 1 aromatic heterocycles. The van der Waals surface area contributed by atoms with Crippen molar-refractivity contribution >= 4 is 23.3 Å². The van der Waals surface area contributed by atoms with Crippen molar-refractivity contribution in [3.8, 4) is 0 Å². The van der Waals surface area contributed by atoms with Crippen LogP contribution in [0.4, 0.5) is 0 Å². The molecule has 2 nitrogen and oxygen atoms in total. The number of nitrogens with one attached hydrogen (secondary N) is 1. The maximum absolute atomic E-state index is 5.39. The van der Waals surface area contributed by atoms with E-state index in [1.165, 1.54) is 11.1 Å². The van der Waals surface area contributed by atoms with Gasteiger partial charge in [-0.2, -0.15) is 0 Å². The highest BCUT2D eigenvalue weighted by atomic mass is 32.1. The molecular formula is C16H16N2S. The zero-order valence-corrected chi connectivity index (χ0v) is 11.5. The molecule has 2 aromatic carbocycles. The molecule has 0 saturated carbocycles. The van der Waals surface area contributed by atoms with Crippen LogP contribution in [0.3, 0.4) is 0 Å². The van der Waals surface area contributed by atoms with E-state index in [0.29, 0.717) is 0 Å². The predicted molar refractivity (Wildman–Crippen MR) is 81.9 cm³/mol. The third-order valence-electron chi connectivity index (χ3n) is 3.37. The van der Waals surface area contributed by atoms with Gasteiger partial charge in [0.15, 0.2) is 4.77 Å². The molecule has 3 aromatic rings. The summed E-state index contributed by atoms with van der Waals surface area (Å²) in [5.41, 5.74) is 3.70. The number of hydrogen-bond acceptors (Lipinski definition) is 1. The van der Waals surface area contributed by atoms with E-state index in [1.807, 2.05) is 6.07 Å². The van der Waals surface area contributed by atoms with Crippen LogP contribution in [0.15, 0.2) is 54.6 Å². The minimum atomic E-state index is 0.814. The van der Waals surface area contributed by atoms with Gasteiger partial charge in [-0.15, -0.1) is 0 Å². The van der Waals surface area contributed by atoms with E-state index in [0.717, 1.165) is 29.7 Å². The normalized spacial score (nSPS) is 10.9. The van der Waals surface area contributed by atoms with Gasteiger partial charge in [-0.1, -0.05) is 42.5 Å². The third kappa shape index (κ3) is 2.61. The first-order valence-corrected chi connectivity index (χ1v) is 6.97. The highest BCUT2D eigenvalue weighted by molar-refractivity contribution is 7.71. The Morgan fingerprint density at radius 2 is 1.68 bits per heavy atom. The van der Waals surface area contributed by atoms with Crippen molar-refractivity contribution in [3.63, 3.8) is 0 Å². The smallest absolute Gasteiger partial charge is 0.178 e. The summed E-state index contributed by atoms with van der Waals surface area (Å²) in [5, 5.41) is 0. The molecular weight excluding hydrogens is 252 g/mol. The Morgan fingerprint density at radius 3 is 2.53 bits per heavy atom. The molecule has 0 atom stereocenters. The Bertz CT molecular complexity index is 725. The molecule has 0 saturated heterocycles. The fraction of sp³-hybridized carbons (Fsp3) is 0.188. The molecule has 0 bridgehead atoms. The molecule has 0 aliphatic heterocycles. The first kappa shape index (κ1) is 12.2. The predicted octanol–water partition coefficient (Wildman–Crippen LogP) is 4.33. The SMILES string of the molecule is S=c1[nH]c2ccccc2n1CCCc1ccccc1. The molecule has 3 rings (SSSR count). The summed E-state index contributed by atoms with van der Waals surface area (Å²) in [6.45, 7) is 0.956. The van der Waals surface area contributed by atoms with Gasteiger partial charge in [0.1, 0.15) is 0 Å². The minimum absolute atomic E-state index is 0.814. The van der Waals surface area contributed by atoms with Crippen LogP contribution in [-0.4, -0.2) is 9.55 Å². The second-order valence-corrected chi connectivity index (χ2v) is 5.07. The van der Waals surface area contributed by atoms with Crippen LogP contribution in [0.25, 0.3) is 11.0 Å². The van der Waals surface area contributed by atoms with E-state index in [2.05, 4.69) is 58.1 Å². The van der Waals surface area contributed by atoms with Gasteiger partial charge in [0.05, 0.1) is 11.0 Å². The average Bonchev–Trinajstić information content (AvgIpc) is 2.76. The molecule has 0 aliphatic carbocycles. The van der Waals surface area contributed by atoms with Gasteiger partial charge in [-0.25, -0.2) is 0 Å². The van der Waals surface area contributed by atoms with Crippen molar-refractivity contribution in [2.75, 3.05) is 0 Å². The van der Waals surface area contributed by atoms with Gasteiger partial charge in [0, 0.05) is 6.54 Å². The van der Waals surface area contributed by atoms with Gasteiger partial charge in [0.2, 0.25) is 0 Å². The van der Waals surface area contributed by atoms with E-state index in [9.17, 15) is 0 Å². The number of hydrogen-bond donors (Lipinski definition) is 1. The lowest BCUT2D eigenvalue weighted by atomic mass is 10.1. The zero-order valence-electron chi connectivity index (χ0n) is 10.7. The van der Waals surface area contributed by atoms with Crippen LogP contribution in [0.2, 0.25) is 0 Å². The second kappa shape index (κ2) is 5.41. The molecule has 0 amide bonds. The number of rotatable bonds is 4. The summed E-state index contributed by atoms with van der Waals surface area (Å²) in [5.74, 6) is 0. The fourth-order valence-corrected chi connectivity index (χ4v) is 2.71. The molecule has 0 aliphatic rings. The topological polar surface area (TPSA) is 20.7 Å². The number of fused-ring (bicyclic) bond motifs is 1. The first-order valence-electron chi connectivity index (χ1n) is 6.56. The van der Waals surface area contributed by atoms with Crippen molar-refractivity contribution in [2.45, 2.75) is 19.4 Å². The Morgan fingerprint density at radius 1 is 0.947 bits per heavy atom. The maximum Gasteiger partial charge on any atom is 0.178 e. The van der Waals surface area contributed by atoms with Crippen LogP contribution >= 0.6 is 12.2 Å². The van der Waals surface area contributed by atoms with Crippen LogP contribution in [0.1, 0.15) is 12.0 Å². The summed E-state index contributed by atoms with van der Waals surface area (Å²) in [7, 11) is 0. The number of aromatic amines is 1. The van der Waals surface area contributed by atoms with E-state index in [4.69, 9.17) is 12.2 Å². The summed E-state index contributed by atoms with van der Waals surface area (Å²) < 4.78 is 3.00. The Balaban J connectivity index is 1.75. The lowest BCUT2D eigenvalue weighted by molar-refractivity contribution is 0.650. The molecule has 3 heteroatoms. The van der Waals surface area contributed by atoms with E-state index in [1.54, 1.807) is 0 Å². The number of H-pyrrole nitrogens is 1. The van der Waals surface area contributed by atoms with E-state index >= 15 is 0 Å². The van der Waals surface area contributed by atoms with E-state index in [-0.39, 0.29) is 0 Å². The minimum Gasteiger partial charge on any atom is -0.331 e. The zero-order chi connectivity index (χ0) is 13.1. The Hall–Kier alpha value is -1.87. The van der Waals surface area contributed by atoms with Crippen LogP contribution < -0.4 is 0 Å². The number of nitrogens with zero attached hydrogens (tertiary/aromatic N) is 1. The largest absolute Gasteiger partial charge is 0.331 e. The monoisotopic (exact) mass is 268 g/mol. The fourth-order valence-electron chi connectivity index (χ4n) is 2.41. The lowest BCUT2D eigenvalue weighted by Gasteiger charge is -2.04. The summed E-state index contributed by atoms with van der Waals surface area (Å²) in [6.07, 6.45) is 2.18. The molecule has 0 spiro atoms. The standard InChI is InChI=1S/C16H16N2S/c19-16-17-14-10-4-5-11-15(14)18(16)12-6-9-13-7-2-1-3-8-13/h1-5,7-8,10-11H,6,9,12H2,(H,17,19). The number of para-hydroxylation sites is 2. The number of benzene rings is 2. The van der Waals surface area contributed by atoms with Gasteiger partial charge in [0.25, 0.3) is 0 Å². The number of imidazole rings is 1. The van der Waals surface area contributed by atoms with Crippen molar-refractivity contribution in [3.05, 3.63) is 64.9 Å². The van der Waals surface area contributed by atoms with Crippen molar-refractivity contribution in [2.24, 2.45) is 0 Å². The van der Waals surface area contributed by atoms with Crippen molar-refractivity contribution in [1.29, 1.82) is 0 Å². The molecule has 0 unspecified atom stereocenters. The Kier molecular flexibility index (Phi) is 3.47. The Labute approximate surface area is 117 Å². The molecule has 96 valence electrons. The van der Waals surface area contributed by atoms with Gasteiger partial charge in [-0.3, -0.25) is 0 Å². The average molecular weight is 268 g/mol. The molecule has 19 heavy (non-hydrogen) atoms. The van der Waals surface area contributed by atoms with Gasteiger partial charge in [-0.05, 0) is 42.8 Å². The van der Waals surface area contributed by atoms with Crippen molar-refractivity contribution in [1.82, 2.24) is 9.55 Å². The quantitative estimate of drug-likeness (QED) is 0.698. The number of aromatic nitrogens is 2. The number of aryl methyl sites for hydroxylation is 2. The second-order valence-electron chi connectivity index (χ2n) is 4.69. The first-order chi connectivity index (χ1) is 9.34. The summed E-state index contributed by atoms with van der Waals surface area (Å²) in [6, 6.07) is 18.9. The molecule has 1 heterocycles. The van der Waals surface area contributed by atoms with Gasteiger partial charge < -0.3 is 9.55 Å². The summed E-state index contributed by atoms with van der Waals surface area (Å²) >= 11 is 5.39. The van der Waals surface area contributed by atoms with Crippen LogP contribution in [0.5, 0.6) is 0 Å². The highest BCUT2D eigenvalue weighted by Gasteiger charge is 2.03. The summed E-state index contributed by atoms with van der Waals surface area (Å²) in [4.78, 5) is 3.25. The lowest BCUT2D eigenvalue weighted by Crippen LogP contribution is -1.99. The maximum atomic E-state index is 5.39. The van der Waals surface area contributed by atoms with Crippen LogP contribution in [-0.2, 0) is 13.0 Å². The highest BCUT2D eigenvalue weighted by Crippen LogP contribution is 2.14. The van der Waals surface area contributed by atoms with E-state index < -0.39 is 0 Å². The molecule has 1 N–H and O–H groups in total. The third-order valence-corrected chi connectivity index (χ3v) is 3.69. The van der Waals surface area contributed by atoms with Gasteiger partial charge >= 0.3 is 0 Å². The van der Waals surface area contributed by atoms with Crippen molar-refractivity contribution < 1.29 is 0 Å². The molecule has 0 fully saturated rings.